The fraction of sp³-hybridized carbons (Fsp3) is 0.458. The fourth-order valence-corrected chi connectivity index (χ4v) is 7.63. The van der Waals surface area contributed by atoms with Gasteiger partial charge in [0.05, 0.1) is 28.5 Å². The van der Waals surface area contributed by atoms with Crippen LogP contribution in [-0.4, -0.2) is 64.6 Å². The second-order valence-corrected chi connectivity index (χ2v) is 12.8. The van der Waals surface area contributed by atoms with Gasteiger partial charge in [0.2, 0.25) is 26.0 Å². The summed E-state index contributed by atoms with van der Waals surface area (Å²) in [6.45, 7) is 1.11. The molecule has 1 N–H and O–H groups in total. The van der Waals surface area contributed by atoms with Crippen LogP contribution in [0.25, 0.3) is 0 Å². The molecule has 4 rings (SSSR count). The number of ether oxygens (including phenoxy) is 1. The van der Waals surface area contributed by atoms with Crippen LogP contribution in [0.2, 0.25) is 0 Å². The highest BCUT2D eigenvalue weighted by Crippen LogP contribution is 2.31. The summed E-state index contributed by atoms with van der Waals surface area (Å²) in [5.74, 6) is -1.32. The maximum absolute atomic E-state index is 13.2. The Balaban J connectivity index is 1.52. The first-order valence-corrected chi connectivity index (χ1v) is 14.8. The first-order valence-electron chi connectivity index (χ1n) is 11.9. The van der Waals surface area contributed by atoms with E-state index in [1.54, 1.807) is 0 Å². The van der Waals surface area contributed by atoms with Crippen LogP contribution >= 0.6 is 0 Å². The molecule has 1 amide bonds. The van der Waals surface area contributed by atoms with Gasteiger partial charge in [-0.25, -0.2) is 21.2 Å². The van der Waals surface area contributed by atoms with E-state index < -0.39 is 37.7 Å². The van der Waals surface area contributed by atoms with Crippen LogP contribution < -0.4 is 10.1 Å². The van der Waals surface area contributed by atoms with Crippen LogP contribution in [0.1, 0.15) is 32.1 Å². The van der Waals surface area contributed by atoms with Gasteiger partial charge in [-0.1, -0.05) is 6.42 Å². The number of amides is 1. The zero-order valence-corrected chi connectivity index (χ0v) is 21.7. The third kappa shape index (κ3) is 5.56. The van der Waals surface area contributed by atoms with E-state index in [0.29, 0.717) is 31.7 Å². The molecule has 2 aromatic carbocycles. The number of anilines is 1. The van der Waals surface area contributed by atoms with E-state index in [1.165, 1.54) is 46.1 Å². The van der Waals surface area contributed by atoms with E-state index >= 15 is 0 Å². The minimum absolute atomic E-state index is 0.0396. The van der Waals surface area contributed by atoms with Crippen LogP contribution in [0, 0.1) is 11.7 Å². The van der Waals surface area contributed by atoms with Crippen LogP contribution in [0.3, 0.4) is 0 Å². The Hall–Kier alpha value is -2.54. The molecule has 0 saturated carbocycles. The van der Waals surface area contributed by atoms with Crippen LogP contribution in [0.4, 0.5) is 10.1 Å². The Morgan fingerprint density at radius 1 is 0.889 bits per heavy atom. The number of piperidine rings is 2. The lowest BCUT2D eigenvalue weighted by Crippen LogP contribution is -2.43. The first-order chi connectivity index (χ1) is 17.1. The van der Waals surface area contributed by atoms with Crippen LogP contribution in [0.15, 0.2) is 52.3 Å². The van der Waals surface area contributed by atoms with Gasteiger partial charge in [-0.05, 0) is 68.1 Å². The average Bonchev–Trinajstić information content (AvgIpc) is 2.89. The van der Waals surface area contributed by atoms with E-state index in [9.17, 15) is 26.0 Å². The number of nitrogens with one attached hydrogen (secondary N) is 1. The Labute approximate surface area is 211 Å². The van der Waals surface area contributed by atoms with E-state index in [1.807, 2.05) is 0 Å². The van der Waals surface area contributed by atoms with Crippen molar-refractivity contribution in [3.63, 3.8) is 0 Å². The van der Waals surface area contributed by atoms with Gasteiger partial charge in [0, 0.05) is 26.2 Å². The minimum atomic E-state index is -3.89. The molecule has 2 heterocycles. The molecule has 1 atom stereocenters. The molecule has 12 heteroatoms. The molecule has 0 bridgehead atoms. The number of carbonyl (C=O) groups excluding carboxylic acids is 1. The number of halogens is 1. The van der Waals surface area contributed by atoms with Crippen molar-refractivity contribution in [3.8, 4) is 5.75 Å². The molecule has 36 heavy (non-hydrogen) atoms. The monoisotopic (exact) mass is 539 g/mol. The molecule has 2 fully saturated rings. The summed E-state index contributed by atoms with van der Waals surface area (Å²) in [6.07, 6.45) is 3.54. The zero-order chi connectivity index (χ0) is 25.9. The number of rotatable bonds is 7. The van der Waals surface area contributed by atoms with Crippen molar-refractivity contribution in [2.45, 2.75) is 41.9 Å². The number of benzene rings is 2. The second-order valence-electron chi connectivity index (χ2n) is 8.97. The summed E-state index contributed by atoms with van der Waals surface area (Å²) < 4.78 is 73.5. The molecule has 0 radical (unpaired) electrons. The topological polar surface area (TPSA) is 113 Å². The van der Waals surface area contributed by atoms with Crippen LogP contribution in [0.5, 0.6) is 5.75 Å². The smallest absolute Gasteiger partial charge is 0.243 e. The second kappa shape index (κ2) is 10.8. The molecular weight excluding hydrogens is 509 g/mol. The molecule has 0 aliphatic carbocycles. The summed E-state index contributed by atoms with van der Waals surface area (Å²) in [7, 11) is -6.19. The summed E-state index contributed by atoms with van der Waals surface area (Å²) >= 11 is 0. The highest BCUT2D eigenvalue weighted by Gasteiger charge is 2.34. The highest BCUT2D eigenvalue weighted by atomic mass is 32.2. The quantitative estimate of drug-likeness (QED) is 0.579. The van der Waals surface area contributed by atoms with Crippen molar-refractivity contribution in [3.05, 3.63) is 48.3 Å². The zero-order valence-electron chi connectivity index (χ0n) is 20.0. The molecule has 0 spiro atoms. The summed E-state index contributed by atoms with van der Waals surface area (Å²) in [4.78, 5) is 13.2. The number of hydrogen-bond acceptors (Lipinski definition) is 6. The SMILES string of the molecule is COc1ccc(S(=O)(=O)N2CCCCC2)cc1NC(=O)[C@@H]1CCCN(S(=O)(=O)c2ccc(F)cc2)C1. The van der Waals surface area contributed by atoms with Crippen molar-refractivity contribution in [2.75, 3.05) is 38.6 Å². The van der Waals surface area contributed by atoms with Crippen molar-refractivity contribution in [1.29, 1.82) is 0 Å². The van der Waals surface area contributed by atoms with Gasteiger partial charge in [0.15, 0.2) is 0 Å². The lowest BCUT2D eigenvalue weighted by Gasteiger charge is -2.31. The predicted octanol–water partition coefficient (Wildman–Crippen LogP) is 3.05. The average molecular weight is 540 g/mol. The first kappa shape index (κ1) is 26.5. The van der Waals surface area contributed by atoms with Crippen molar-refractivity contribution < 1.29 is 30.8 Å². The normalized spacial score (nSPS) is 20.1. The molecule has 0 aromatic heterocycles. The molecule has 2 aromatic rings. The van der Waals surface area contributed by atoms with Crippen molar-refractivity contribution in [1.82, 2.24) is 8.61 Å². The Bertz CT molecular complexity index is 1310. The van der Waals surface area contributed by atoms with Gasteiger partial charge in [0.1, 0.15) is 11.6 Å². The molecule has 196 valence electrons. The summed E-state index contributed by atoms with van der Waals surface area (Å²) in [6, 6.07) is 8.91. The van der Waals surface area contributed by atoms with Crippen molar-refractivity contribution >= 4 is 31.6 Å². The molecule has 0 unspecified atom stereocenters. The molecular formula is C24H30FN3O6S2. The lowest BCUT2D eigenvalue weighted by molar-refractivity contribution is -0.120. The number of carbonyl (C=O) groups is 1. The van der Waals surface area contributed by atoms with Gasteiger partial charge in [-0.2, -0.15) is 8.61 Å². The highest BCUT2D eigenvalue weighted by molar-refractivity contribution is 7.89. The van der Waals surface area contributed by atoms with E-state index in [2.05, 4.69) is 5.32 Å². The van der Waals surface area contributed by atoms with Gasteiger partial charge in [-0.15, -0.1) is 0 Å². The van der Waals surface area contributed by atoms with Gasteiger partial charge < -0.3 is 10.1 Å². The standard InChI is InChI=1S/C24H30FN3O6S2/c1-34-23-12-11-21(36(32,33)27-13-3-2-4-14-27)16-22(23)26-24(29)18-6-5-15-28(17-18)35(30,31)20-9-7-19(25)8-10-20/h7-12,16,18H,2-6,13-15,17H2,1H3,(H,26,29)/t18-/m1/s1. The van der Waals surface area contributed by atoms with Crippen molar-refractivity contribution in [2.24, 2.45) is 5.92 Å². The largest absolute Gasteiger partial charge is 0.495 e. The van der Waals surface area contributed by atoms with Crippen LogP contribution in [-0.2, 0) is 24.8 Å². The van der Waals surface area contributed by atoms with E-state index in [4.69, 9.17) is 4.74 Å². The van der Waals surface area contributed by atoms with E-state index in [-0.39, 0.29) is 28.6 Å². The number of hydrogen-bond donors (Lipinski definition) is 1. The fourth-order valence-electron chi connectivity index (χ4n) is 4.56. The van der Waals surface area contributed by atoms with E-state index in [0.717, 1.165) is 31.4 Å². The number of nitrogens with zero attached hydrogens (tertiary/aromatic N) is 2. The molecule has 9 nitrogen and oxygen atoms in total. The third-order valence-corrected chi connectivity index (χ3v) is 10.4. The Morgan fingerprint density at radius 3 is 2.17 bits per heavy atom. The van der Waals surface area contributed by atoms with Gasteiger partial charge in [-0.3, -0.25) is 4.79 Å². The number of sulfonamides is 2. The lowest BCUT2D eigenvalue weighted by atomic mass is 9.98. The third-order valence-electron chi connectivity index (χ3n) is 6.59. The summed E-state index contributed by atoms with van der Waals surface area (Å²) in [5, 5.41) is 2.75. The molecule has 2 aliphatic heterocycles. The summed E-state index contributed by atoms with van der Waals surface area (Å²) in [5.41, 5.74) is 0.207. The maximum atomic E-state index is 13.2. The predicted molar refractivity (Wildman–Crippen MR) is 132 cm³/mol. The maximum Gasteiger partial charge on any atom is 0.243 e. The number of methoxy groups -OCH3 is 1. The van der Waals surface area contributed by atoms with Gasteiger partial charge in [0.25, 0.3) is 0 Å². The Kier molecular flexibility index (Phi) is 7.98. The minimum Gasteiger partial charge on any atom is -0.495 e. The molecule has 2 aliphatic rings. The Morgan fingerprint density at radius 2 is 1.50 bits per heavy atom. The van der Waals surface area contributed by atoms with Gasteiger partial charge >= 0.3 is 0 Å². The molecule has 2 saturated heterocycles.